The number of rotatable bonds is 5. The summed E-state index contributed by atoms with van der Waals surface area (Å²) in [6, 6.07) is 5.65. The summed E-state index contributed by atoms with van der Waals surface area (Å²) in [6.45, 7) is 2.61. The average Bonchev–Trinajstić information content (AvgIpc) is 2.71. The maximum Gasteiger partial charge on any atom is 0.295 e. The number of nitrogens with two attached hydrogens (primary N) is 1. The van der Waals surface area contributed by atoms with Crippen LogP contribution in [0.2, 0.25) is 0 Å². The molecule has 1 aliphatic heterocycles. The van der Waals surface area contributed by atoms with Crippen molar-refractivity contribution in [2.45, 2.75) is 11.8 Å². The Morgan fingerprint density at radius 1 is 1.27 bits per heavy atom. The topological polar surface area (TPSA) is 145 Å². The highest BCUT2D eigenvalue weighted by Gasteiger charge is 2.28. The lowest BCUT2D eigenvalue weighted by atomic mass is 10.1. The maximum absolute atomic E-state index is 13.7. The summed E-state index contributed by atoms with van der Waals surface area (Å²) in [7, 11) is -3.82. The number of nitrogen functional groups attached to an aromatic ring is 1. The summed E-state index contributed by atoms with van der Waals surface area (Å²) < 4.78 is 46.1. The van der Waals surface area contributed by atoms with Crippen molar-refractivity contribution in [1.29, 1.82) is 0 Å². The van der Waals surface area contributed by atoms with Gasteiger partial charge < -0.3 is 15.8 Å². The van der Waals surface area contributed by atoms with Crippen LogP contribution in [0.25, 0.3) is 0 Å². The van der Waals surface area contributed by atoms with Crippen LogP contribution in [-0.2, 0) is 14.8 Å². The second-order valence-corrected chi connectivity index (χ2v) is 8.50. The molecule has 1 fully saturated rings. The minimum absolute atomic E-state index is 0.000365. The third-order valence-electron chi connectivity index (χ3n) is 4.60. The van der Waals surface area contributed by atoms with Crippen molar-refractivity contribution in [1.82, 2.24) is 4.31 Å². The normalized spacial score (nSPS) is 15.0. The fourth-order valence-electron chi connectivity index (χ4n) is 3.02. The maximum atomic E-state index is 13.7. The number of carbonyl (C=O) groups is 1. The van der Waals surface area contributed by atoms with E-state index in [2.05, 4.69) is 5.32 Å². The summed E-state index contributed by atoms with van der Waals surface area (Å²) in [5.74, 6) is -1.91. The Bertz CT molecular complexity index is 1120. The third kappa shape index (κ3) is 4.25. The van der Waals surface area contributed by atoms with E-state index >= 15 is 0 Å². The van der Waals surface area contributed by atoms with E-state index in [4.69, 9.17) is 10.5 Å². The van der Waals surface area contributed by atoms with Crippen molar-refractivity contribution < 1.29 is 27.3 Å². The number of amides is 1. The fraction of sp³-hybridized carbons (Fsp3) is 0.278. The van der Waals surface area contributed by atoms with E-state index in [0.717, 1.165) is 6.07 Å². The van der Waals surface area contributed by atoms with Gasteiger partial charge in [0.05, 0.1) is 34.7 Å². The molecule has 2 aromatic rings. The number of hydrogen-bond acceptors (Lipinski definition) is 7. The van der Waals surface area contributed by atoms with Crippen LogP contribution in [0.4, 0.5) is 21.5 Å². The number of nitrogens with zero attached hydrogens (tertiary/aromatic N) is 2. The first-order valence-electron chi connectivity index (χ1n) is 8.84. The van der Waals surface area contributed by atoms with Crippen LogP contribution in [0.5, 0.6) is 0 Å². The molecule has 0 aliphatic carbocycles. The first-order chi connectivity index (χ1) is 14.1. The smallest absolute Gasteiger partial charge is 0.295 e. The van der Waals surface area contributed by atoms with E-state index in [0.29, 0.717) is 11.6 Å². The third-order valence-corrected chi connectivity index (χ3v) is 6.64. The molecule has 0 unspecified atom stereocenters. The first kappa shape index (κ1) is 21.6. The molecule has 1 saturated heterocycles. The Morgan fingerprint density at radius 2 is 1.93 bits per heavy atom. The van der Waals surface area contributed by atoms with Gasteiger partial charge in [-0.2, -0.15) is 4.31 Å². The second-order valence-electron chi connectivity index (χ2n) is 6.59. The number of aryl methyl sites for hydroxylation is 1. The molecule has 10 nitrogen and oxygen atoms in total. The van der Waals surface area contributed by atoms with Gasteiger partial charge in [0.25, 0.3) is 11.6 Å². The summed E-state index contributed by atoms with van der Waals surface area (Å²) in [5, 5.41) is 13.4. The van der Waals surface area contributed by atoms with Gasteiger partial charge in [-0.15, -0.1) is 0 Å². The van der Waals surface area contributed by atoms with Gasteiger partial charge in [-0.3, -0.25) is 14.9 Å². The summed E-state index contributed by atoms with van der Waals surface area (Å²) in [5.41, 5.74) is 4.57. The van der Waals surface area contributed by atoms with Crippen molar-refractivity contribution >= 4 is 33.0 Å². The monoisotopic (exact) mass is 438 g/mol. The van der Waals surface area contributed by atoms with E-state index in [1.165, 1.54) is 22.5 Å². The van der Waals surface area contributed by atoms with Gasteiger partial charge >= 0.3 is 0 Å². The molecule has 12 heteroatoms. The molecule has 3 rings (SSSR count). The Hall–Kier alpha value is -3.09. The van der Waals surface area contributed by atoms with E-state index in [1.54, 1.807) is 6.92 Å². The zero-order valence-electron chi connectivity index (χ0n) is 15.9. The Labute approximate surface area is 171 Å². The second kappa shape index (κ2) is 8.34. The number of morpholine rings is 1. The highest BCUT2D eigenvalue weighted by molar-refractivity contribution is 7.89. The van der Waals surface area contributed by atoms with Gasteiger partial charge in [-0.05, 0) is 30.7 Å². The SMILES string of the molecule is Cc1ccc(NC(=O)c2cc(F)cc([N+](=O)[O-])c2N)cc1S(=O)(=O)N1CCOCC1. The van der Waals surface area contributed by atoms with Crippen LogP contribution in [0.3, 0.4) is 0 Å². The lowest BCUT2D eigenvalue weighted by molar-refractivity contribution is -0.384. The lowest BCUT2D eigenvalue weighted by Crippen LogP contribution is -2.40. The van der Waals surface area contributed by atoms with E-state index in [-0.39, 0.29) is 36.9 Å². The summed E-state index contributed by atoms with van der Waals surface area (Å²) in [6.07, 6.45) is 0. The minimum Gasteiger partial charge on any atom is -0.393 e. The molecule has 0 spiro atoms. The number of sulfonamides is 1. The van der Waals surface area contributed by atoms with Crippen molar-refractivity contribution in [2.24, 2.45) is 0 Å². The molecular weight excluding hydrogens is 419 g/mol. The van der Waals surface area contributed by atoms with Crippen LogP contribution < -0.4 is 11.1 Å². The number of nitro groups is 1. The van der Waals surface area contributed by atoms with Crippen molar-refractivity contribution in [2.75, 3.05) is 37.4 Å². The molecule has 0 aromatic heterocycles. The Kier molecular flexibility index (Phi) is 6.01. The lowest BCUT2D eigenvalue weighted by Gasteiger charge is -2.26. The van der Waals surface area contributed by atoms with Gasteiger partial charge in [0.15, 0.2) is 0 Å². The van der Waals surface area contributed by atoms with Crippen LogP contribution in [0.15, 0.2) is 35.2 Å². The fourth-order valence-corrected chi connectivity index (χ4v) is 4.68. The molecule has 1 heterocycles. The van der Waals surface area contributed by atoms with Crippen LogP contribution in [-0.4, -0.2) is 49.9 Å². The molecule has 160 valence electrons. The van der Waals surface area contributed by atoms with Gasteiger partial charge in [-0.1, -0.05) is 6.07 Å². The molecule has 3 N–H and O–H groups in total. The summed E-state index contributed by atoms with van der Waals surface area (Å²) >= 11 is 0. The molecule has 1 amide bonds. The number of anilines is 2. The predicted octanol–water partition coefficient (Wildman–Crippen LogP) is 1.90. The Morgan fingerprint density at radius 3 is 2.57 bits per heavy atom. The molecule has 0 saturated carbocycles. The van der Waals surface area contributed by atoms with E-state index < -0.39 is 43.6 Å². The number of hydrogen-bond donors (Lipinski definition) is 2. The van der Waals surface area contributed by atoms with E-state index in [1.807, 2.05) is 0 Å². The number of ether oxygens (including phenoxy) is 1. The quantitative estimate of drug-likeness (QED) is 0.412. The average molecular weight is 438 g/mol. The van der Waals surface area contributed by atoms with E-state index in [9.17, 15) is 27.7 Å². The van der Waals surface area contributed by atoms with Crippen molar-refractivity contribution in [3.63, 3.8) is 0 Å². The molecular formula is C18H19FN4O6S. The number of benzene rings is 2. The number of nitrogens with one attached hydrogen (secondary N) is 1. The molecule has 0 bridgehead atoms. The molecule has 0 atom stereocenters. The standard InChI is InChI=1S/C18H19FN4O6S/c1-11-2-3-13(10-16(11)30(27,28)22-4-6-29-7-5-22)21-18(24)14-8-12(19)9-15(17(14)20)23(25)26/h2-3,8-10H,4-7,20H2,1H3,(H,21,24). The number of carbonyl (C=O) groups excluding carboxylic acids is 1. The zero-order valence-corrected chi connectivity index (χ0v) is 16.7. The number of halogens is 1. The first-order valence-corrected chi connectivity index (χ1v) is 10.3. The van der Waals surface area contributed by atoms with Crippen LogP contribution in [0.1, 0.15) is 15.9 Å². The number of nitro benzene ring substituents is 1. The minimum atomic E-state index is -3.82. The molecule has 30 heavy (non-hydrogen) atoms. The Balaban J connectivity index is 1.93. The largest absolute Gasteiger partial charge is 0.393 e. The van der Waals surface area contributed by atoms with Crippen molar-refractivity contribution in [3.8, 4) is 0 Å². The van der Waals surface area contributed by atoms with Crippen molar-refractivity contribution in [3.05, 3.63) is 57.4 Å². The molecule has 2 aromatic carbocycles. The van der Waals surface area contributed by atoms with Crippen LogP contribution >= 0.6 is 0 Å². The molecule has 1 aliphatic rings. The van der Waals surface area contributed by atoms with Gasteiger partial charge in [0, 0.05) is 18.8 Å². The summed E-state index contributed by atoms with van der Waals surface area (Å²) in [4.78, 5) is 22.7. The van der Waals surface area contributed by atoms with Gasteiger partial charge in [0.1, 0.15) is 11.5 Å². The van der Waals surface area contributed by atoms with Gasteiger partial charge in [0.2, 0.25) is 10.0 Å². The zero-order chi connectivity index (χ0) is 22.1. The molecule has 0 radical (unpaired) electrons. The van der Waals surface area contributed by atoms with Gasteiger partial charge in [-0.25, -0.2) is 12.8 Å². The van der Waals surface area contributed by atoms with Crippen LogP contribution in [0, 0.1) is 22.9 Å². The highest BCUT2D eigenvalue weighted by atomic mass is 32.2. The highest BCUT2D eigenvalue weighted by Crippen LogP contribution is 2.29. The predicted molar refractivity (Wildman–Crippen MR) is 106 cm³/mol.